The predicted octanol–water partition coefficient (Wildman–Crippen LogP) is 3.93. The third kappa shape index (κ3) is 7.14. The normalized spacial score (nSPS) is 10.7. The Morgan fingerprint density at radius 1 is 1.50 bits per heavy atom. The van der Waals surface area contributed by atoms with Gasteiger partial charge in [0.2, 0.25) is 0 Å². The Balaban J connectivity index is 0.00000361. The summed E-state index contributed by atoms with van der Waals surface area (Å²) < 4.78 is 0. The van der Waals surface area contributed by atoms with E-state index in [1.165, 1.54) is 0 Å². The zero-order valence-electron chi connectivity index (χ0n) is 12.1. The van der Waals surface area contributed by atoms with Crippen LogP contribution in [0.5, 0.6) is 0 Å². The van der Waals surface area contributed by atoms with Crippen LogP contribution in [-0.4, -0.2) is 31.5 Å². The first-order chi connectivity index (χ1) is 9.17. The highest BCUT2D eigenvalue weighted by atomic mass is 127. The van der Waals surface area contributed by atoms with E-state index >= 15 is 0 Å². The summed E-state index contributed by atoms with van der Waals surface area (Å²) in [6.45, 7) is 5.41. The molecule has 0 saturated carbocycles. The van der Waals surface area contributed by atoms with E-state index in [4.69, 9.17) is 11.6 Å². The molecular weight excluding hydrogens is 385 g/mol. The zero-order chi connectivity index (χ0) is 14.1. The lowest BCUT2D eigenvalue weighted by Crippen LogP contribution is -2.38. The van der Waals surface area contributed by atoms with E-state index in [1.54, 1.807) is 7.05 Å². The Bertz CT molecular complexity index is 435. The lowest BCUT2D eigenvalue weighted by atomic mass is 10.2. The number of nitrogens with one attached hydrogen (secondary N) is 1. The van der Waals surface area contributed by atoms with Gasteiger partial charge >= 0.3 is 0 Å². The number of allylic oxidation sites excluding steroid dienone is 1. The largest absolute Gasteiger partial charge is 0.352 e. The molecule has 0 radical (unpaired) electrons. The summed E-state index contributed by atoms with van der Waals surface area (Å²) in [6.07, 6.45) is 4.05. The Hall–Kier alpha value is -0.750. The van der Waals surface area contributed by atoms with E-state index in [0.29, 0.717) is 0 Å². The van der Waals surface area contributed by atoms with Gasteiger partial charge < -0.3 is 10.2 Å². The molecule has 0 amide bonds. The standard InChI is InChI=1S/C15H22ClN3.HI/c1-4-5-6-10-19(3)15(17-2)18-12-13-8-7-9-14(16)11-13;/h4,7-9,11H,1,5-6,10,12H2,2-3H3,(H,17,18);1H. The second kappa shape index (κ2) is 11.0. The highest BCUT2D eigenvalue weighted by Crippen LogP contribution is 2.10. The first-order valence-corrected chi connectivity index (χ1v) is 6.82. The van der Waals surface area contributed by atoms with Gasteiger partial charge in [-0.15, -0.1) is 30.6 Å². The molecule has 1 N–H and O–H groups in total. The van der Waals surface area contributed by atoms with Gasteiger partial charge in [-0.05, 0) is 30.5 Å². The van der Waals surface area contributed by atoms with Crippen molar-refractivity contribution in [2.75, 3.05) is 20.6 Å². The van der Waals surface area contributed by atoms with Crippen LogP contribution in [0.1, 0.15) is 18.4 Å². The second-order valence-corrected chi connectivity index (χ2v) is 4.82. The minimum atomic E-state index is 0. The molecule has 20 heavy (non-hydrogen) atoms. The molecule has 0 bridgehead atoms. The van der Waals surface area contributed by atoms with E-state index in [-0.39, 0.29) is 24.0 Å². The topological polar surface area (TPSA) is 27.6 Å². The first kappa shape index (κ1) is 19.2. The van der Waals surface area contributed by atoms with Crippen LogP contribution >= 0.6 is 35.6 Å². The number of rotatable bonds is 6. The minimum absolute atomic E-state index is 0. The Morgan fingerprint density at radius 2 is 2.25 bits per heavy atom. The van der Waals surface area contributed by atoms with Crippen molar-refractivity contribution in [3.8, 4) is 0 Å². The number of benzene rings is 1. The lowest BCUT2D eigenvalue weighted by Gasteiger charge is -2.21. The number of guanidine groups is 1. The second-order valence-electron chi connectivity index (χ2n) is 4.38. The Morgan fingerprint density at radius 3 is 2.85 bits per heavy atom. The van der Waals surface area contributed by atoms with Gasteiger partial charge in [-0.1, -0.05) is 29.8 Å². The van der Waals surface area contributed by atoms with E-state index in [2.05, 4.69) is 21.8 Å². The van der Waals surface area contributed by atoms with Crippen LogP contribution < -0.4 is 5.32 Å². The molecule has 5 heteroatoms. The van der Waals surface area contributed by atoms with Crippen molar-refractivity contribution in [3.63, 3.8) is 0 Å². The summed E-state index contributed by atoms with van der Waals surface area (Å²) in [4.78, 5) is 6.40. The fourth-order valence-electron chi connectivity index (χ4n) is 1.79. The van der Waals surface area contributed by atoms with Gasteiger partial charge in [-0.3, -0.25) is 4.99 Å². The van der Waals surface area contributed by atoms with Crippen LogP contribution in [0.15, 0.2) is 41.9 Å². The summed E-state index contributed by atoms with van der Waals surface area (Å²) in [5.41, 5.74) is 1.15. The van der Waals surface area contributed by atoms with Crippen LogP contribution in [0.3, 0.4) is 0 Å². The molecule has 0 aliphatic heterocycles. The number of aliphatic imine (C=N–C) groups is 1. The Labute approximate surface area is 144 Å². The van der Waals surface area contributed by atoms with Crippen molar-refractivity contribution in [2.45, 2.75) is 19.4 Å². The SMILES string of the molecule is C=CCCCN(C)C(=NC)NCc1cccc(Cl)c1.I. The third-order valence-corrected chi connectivity index (χ3v) is 3.05. The quantitative estimate of drug-likeness (QED) is 0.254. The molecule has 0 saturated heterocycles. The molecule has 0 fully saturated rings. The van der Waals surface area contributed by atoms with Crippen molar-refractivity contribution in [3.05, 3.63) is 47.5 Å². The molecule has 1 aromatic rings. The fourth-order valence-corrected chi connectivity index (χ4v) is 2.00. The van der Waals surface area contributed by atoms with E-state index in [9.17, 15) is 0 Å². The van der Waals surface area contributed by atoms with Crippen molar-refractivity contribution in [1.82, 2.24) is 10.2 Å². The highest BCUT2D eigenvalue weighted by molar-refractivity contribution is 14.0. The average Bonchev–Trinajstić information content (AvgIpc) is 2.40. The lowest BCUT2D eigenvalue weighted by molar-refractivity contribution is 0.470. The summed E-state index contributed by atoms with van der Waals surface area (Å²) in [6, 6.07) is 7.83. The number of hydrogen-bond donors (Lipinski definition) is 1. The summed E-state index contributed by atoms with van der Waals surface area (Å²) in [7, 11) is 3.83. The molecule has 1 rings (SSSR count). The van der Waals surface area contributed by atoms with Gasteiger partial charge in [0, 0.05) is 32.2 Å². The van der Waals surface area contributed by atoms with Crippen LogP contribution in [0.25, 0.3) is 0 Å². The molecule has 0 unspecified atom stereocenters. The molecule has 1 aromatic carbocycles. The van der Waals surface area contributed by atoms with Crippen molar-refractivity contribution in [2.24, 2.45) is 4.99 Å². The number of halogens is 2. The molecule has 0 aliphatic carbocycles. The van der Waals surface area contributed by atoms with Gasteiger partial charge in [0.1, 0.15) is 0 Å². The number of unbranched alkanes of at least 4 members (excludes halogenated alkanes) is 1. The van der Waals surface area contributed by atoms with Crippen molar-refractivity contribution < 1.29 is 0 Å². The van der Waals surface area contributed by atoms with E-state index < -0.39 is 0 Å². The predicted molar refractivity (Wildman–Crippen MR) is 99.1 cm³/mol. The van der Waals surface area contributed by atoms with Gasteiger partial charge in [-0.25, -0.2) is 0 Å². The molecule has 3 nitrogen and oxygen atoms in total. The third-order valence-electron chi connectivity index (χ3n) is 2.81. The maximum Gasteiger partial charge on any atom is 0.193 e. The minimum Gasteiger partial charge on any atom is -0.352 e. The van der Waals surface area contributed by atoms with E-state index in [0.717, 1.165) is 42.5 Å². The van der Waals surface area contributed by atoms with Gasteiger partial charge in [0.15, 0.2) is 5.96 Å². The molecule has 0 aliphatic rings. The van der Waals surface area contributed by atoms with Crippen LogP contribution in [0, 0.1) is 0 Å². The van der Waals surface area contributed by atoms with Crippen LogP contribution in [-0.2, 0) is 6.54 Å². The zero-order valence-corrected chi connectivity index (χ0v) is 15.2. The van der Waals surface area contributed by atoms with E-state index in [1.807, 2.05) is 37.4 Å². The molecular formula is C15H23ClIN3. The summed E-state index contributed by atoms with van der Waals surface area (Å²) in [5.74, 6) is 0.893. The van der Waals surface area contributed by atoms with Crippen LogP contribution in [0.4, 0.5) is 0 Å². The maximum absolute atomic E-state index is 5.96. The summed E-state index contributed by atoms with van der Waals surface area (Å²) in [5, 5.41) is 4.09. The fraction of sp³-hybridized carbons (Fsp3) is 0.400. The van der Waals surface area contributed by atoms with Gasteiger partial charge in [0.05, 0.1) is 0 Å². The molecule has 112 valence electrons. The molecule has 0 atom stereocenters. The average molecular weight is 408 g/mol. The number of nitrogens with zero attached hydrogens (tertiary/aromatic N) is 2. The van der Waals surface area contributed by atoms with Gasteiger partial charge in [-0.2, -0.15) is 0 Å². The van der Waals surface area contributed by atoms with Crippen molar-refractivity contribution in [1.29, 1.82) is 0 Å². The Kier molecular flexibility index (Phi) is 10.6. The first-order valence-electron chi connectivity index (χ1n) is 6.44. The smallest absolute Gasteiger partial charge is 0.193 e. The highest BCUT2D eigenvalue weighted by Gasteiger charge is 2.04. The molecule has 0 heterocycles. The maximum atomic E-state index is 5.96. The van der Waals surface area contributed by atoms with Crippen LogP contribution in [0.2, 0.25) is 5.02 Å². The summed E-state index contributed by atoms with van der Waals surface area (Å²) >= 11 is 5.96. The van der Waals surface area contributed by atoms with Crippen molar-refractivity contribution >= 4 is 41.5 Å². The number of hydrogen-bond acceptors (Lipinski definition) is 1. The van der Waals surface area contributed by atoms with Gasteiger partial charge in [0.25, 0.3) is 0 Å². The molecule has 0 spiro atoms. The molecule has 0 aromatic heterocycles. The monoisotopic (exact) mass is 407 g/mol.